The molecule has 0 amide bonds. The lowest BCUT2D eigenvalue weighted by Crippen LogP contribution is -2.77. The van der Waals surface area contributed by atoms with Crippen LogP contribution in [0.15, 0.2) is 72.8 Å². The van der Waals surface area contributed by atoms with E-state index in [2.05, 4.69) is 6.58 Å². The van der Waals surface area contributed by atoms with Gasteiger partial charge < -0.3 is 43.0 Å². The van der Waals surface area contributed by atoms with Gasteiger partial charge in [-0.05, 0) is 43.9 Å². The van der Waals surface area contributed by atoms with Crippen LogP contribution in [-0.2, 0) is 63.0 Å². The summed E-state index contributed by atoms with van der Waals surface area (Å²) in [5.41, 5.74) is -7.35. The Labute approximate surface area is 324 Å². The highest BCUT2D eigenvalue weighted by Crippen LogP contribution is 2.73. The first-order valence-corrected chi connectivity index (χ1v) is 18.8. The van der Waals surface area contributed by atoms with E-state index in [4.69, 9.17) is 37.9 Å². The molecule has 5 fully saturated rings. The van der Waals surface area contributed by atoms with Gasteiger partial charge in [-0.15, -0.1) is 0 Å². The summed E-state index contributed by atoms with van der Waals surface area (Å²) in [7, 11) is 0. The number of ether oxygens (including phenoxy) is 8. The van der Waals surface area contributed by atoms with Gasteiger partial charge in [0.25, 0.3) is 0 Å². The number of rotatable bonds is 8. The second kappa shape index (κ2) is 13.5. The van der Waals surface area contributed by atoms with Crippen molar-refractivity contribution in [1.82, 2.24) is 0 Å². The zero-order valence-corrected chi connectivity index (χ0v) is 32.6. The van der Waals surface area contributed by atoms with Gasteiger partial charge in [-0.2, -0.15) is 0 Å². The minimum atomic E-state index is -2.45. The molecule has 2 saturated heterocycles. The van der Waals surface area contributed by atoms with Gasteiger partial charge >= 0.3 is 35.8 Å². The fourth-order valence-electron chi connectivity index (χ4n) is 10.8. The Bertz CT molecular complexity index is 1950. The molecule has 0 radical (unpaired) electrons. The summed E-state index contributed by atoms with van der Waals surface area (Å²) in [6.07, 6.45) is -7.30. The van der Waals surface area contributed by atoms with Crippen LogP contribution in [-0.4, -0.2) is 87.9 Å². The van der Waals surface area contributed by atoms with Gasteiger partial charge in [-0.25, -0.2) is 4.79 Å². The summed E-state index contributed by atoms with van der Waals surface area (Å²) in [4.78, 5) is 67.4. The zero-order valence-electron chi connectivity index (χ0n) is 32.6. The lowest BCUT2D eigenvalue weighted by molar-refractivity contribution is -0.446. The summed E-state index contributed by atoms with van der Waals surface area (Å²) in [6.45, 7) is 15.6. The molecule has 2 heterocycles. The van der Waals surface area contributed by atoms with E-state index >= 15 is 0 Å². The molecular weight excluding hydrogens is 728 g/mol. The molecule has 3 bridgehead atoms. The summed E-state index contributed by atoms with van der Waals surface area (Å²) < 4.78 is 52.8. The third-order valence-electron chi connectivity index (χ3n) is 12.5. The molecule has 0 spiro atoms. The Morgan fingerprint density at radius 1 is 0.750 bits per heavy atom. The van der Waals surface area contributed by atoms with Crippen molar-refractivity contribution in [2.24, 2.45) is 23.7 Å². The smallest absolute Gasteiger partial charge is 0.338 e. The van der Waals surface area contributed by atoms with E-state index in [0.717, 1.165) is 13.8 Å². The van der Waals surface area contributed by atoms with Gasteiger partial charge in [-0.3, -0.25) is 19.2 Å². The zero-order chi connectivity index (χ0) is 40.7. The average Bonchev–Trinajstić information content (AvgIpc) is 3.53. The molecule has 56 heavy (non-hydrogen) atoms. The van der Waals surface area contributed by atoms with Crippen molar-refractivity contribution in [3.8, 4) is 0 Å². The second-order valence-corrected chi connectivity index (χ2v) is 16.1. The predicted molar refractivity (Wildman–Crippen MR) is 193 cm³/mol. The summed E-state index contributed by atoms with van der Waals surface area (Å²) in [6, 6.07) is 16.8. The number of fused-ring (bicyclic) bond motifs is 2. The van der Waals surface area contributed by atoms with E-state index in [1.807, 2.05) is 0 Å². The Morgan fingerprint density at radius 3 is 1.84 bits per heavy atom. The molecule has 2 aromatic rings. The highest BCUT2D eigenvalue weighted by Gasteiger charge is 2.89. The third kappa shape index (κ3) is 5.47. The van der Waals surface area contributed by atoms with E-state index in [-0.39, 0.29) is 12.0 Å². The lowest BCUT2D eigenvalue weighted by Gasteiger charge is -2.62. The first kappa shape index (κ1) is 39.6. The van der Waals surface area contributed by atoms with E-state index in [1.165, 1.54) is 32.9 Å². The highest BCUT2D eigenvalue weighted by atomic mass is 16.9. The Morgan fingerprint density at radius 2 is 1.29 bits per heavy atom. The topological polar surface area (TPSA) is 179 Å². The van der Waals surface area contributed by atoms with Crippen molar-refractivity contribution in [2.45, 2.75) is 121 Å². The average molecular weight is 777 g/mol. The number of hydrogen-bond donors (Lipinski definition) is 1. The summed E-state index contributed by atoms with van der Waals surface area (Å²) in [5.74, 6) is -10.1. The third-order valence-corrected chi connectivity index (χ3v) is 12.5. The first-order chi connectivity index (χ1) is 26.3. The van der Waals surface area contributed by atoms with E-state index in [9.17, 15) is 29.1 Å². The van der Waals surface area contributed by atoms with Crippen LogP contribution < -0.4 is 0 Å². The van der Waals surface area contributed by atoms with Crippen LogP contribution in [0.3, 0.4) is 0 Å². The van der Waals surface area contributed by atoms with Crippen LogP contribution in [0, 0.1) is 23.7 Å². The Kier molecular flexibility index (Phi) is 9.54. The van der Waals surface area contributed by atoms with E-state index in [1.54, 1.807) is 69.3 Å². The number of benzene rings is 2. The van der Waals surface area contributed by atoms with Gasteiger partial charge in [0.15, 0.2) is 17.3 Å². The number of aliphatic hydroxyl groups is 1. The Hall–Kier alpha value is -4.63. The van der Waals surface area contributed by atoms with E-state index < -0.39 is 112 Å². The Balaban J connectivity index is 1.64. The van der Waals surface area contributed by atoms with Gasteiger partial charge in [-0.1, -0.05) is 69.0 Å². The van der Waals surface area contributed by atoms with Crippen LogP contribution in [0.4, 0.5) is 0 Å². The molecule has 300 valence electrons. The molecule has 5 aliphatic rings. The predicted octanol–water partition coefficient (Wildman–Crippen LogP) is 4.31. The first-order valence-electron chi connectivity index (χ1n) is 18.8. The molecule has 14 atom stereocenters. The van der Waals surface area contributed by atoms with Crippen molar-refractivity contribution < 1.29 is 67.0 Å². The van der Waals surface area contributed by atoms with Crippen molar-refractivity contribution in [1.29, 1.82) is 0 Å². The van der Waals surface area contributed by atoms with Crippen LogP contribution in [0.1, 0.15) is 77.7 Å². The van der Waals surface area contributed by atoms with Crippen LogP contribution >= 0.6 is 0 Å². The van der Waals surface area contributed by atoms with Gasteiger partial charge in [0.1, 0.15) is 30.0 Å². The quantitative estimate of drug-likeness (QED) is 0.228. The number of carbonyl (C=O) groups is 5. The number of hydrogen-bond acceptors (Lipinski definition) is 14. The van der Waals surface area contributed by atoms with E-state index in [0.29, 0.717) is 11.1 Å². The SMILES string of the molecule is C=C(C)[C@@]12OC3(c4ccccc4)O[C@@H]1[C@@H]1[C@H](OC(C)=O)[C@@](C)(O)[C@@H](OC(C)=O)[C@@]4(OC(=O)c5ccccc5)[C@@H](C[C@H](C)[C@@H]4OC(C)=O)[C@@]1(O3)[C@H](C)[C@@H]2OC(C)=O. The van der Waals surface area contributed by atoms with Gasteiger partial charge in [0, 0.05) is 45.1 Å². The van der Waals surface area contributed by atoms with Crippen LogP contribution in [0.25, 0.3) is 0 Å². The minimum absolute atomic E-state index is 0.0615. The van der Waals surface area contributed by atoms with Crippen molar-refractivity contribution in [3.05, 3.63) is 83.9 Å². The summed E-state index contributed by atoms with van der Waals surface area (Å²) in [5, 5.41) is 13.3. The molecule has 1 unspecified atom stereocenters. The van der Waals surface area contributed by atoms with Crippen molar-refractivity contribution in [2.75, 3.05) is 0 Å². The molecule has 1 N–H and O–H groups in total. The van der Waals surface area contributed by atoms with Crippen LogP contribution in [0.5, 0.6) is 0 Å². The normalized spacial score (nSPS) is 41.6. The molecule has 2 aliphatic heterocycles. The van der Waals surface area contributed by atoms with Crippen molar-refractivity contribution >= 4 is 29.8 Å². The molecule has 3 aliphatic carbocycles. The van der Waals surface area contributed by atoms with Gasteiger partial charge in [0.2, 0.25) is 0 Å². The molecule has 7 rings (SSSR count). The molecule has 3 saturated carbocycles. The fourth-order valence-corrected chi connectivity index (χ4v) is 10.8. The van der Waals surface area contributed by atoms with Gasteiger partial charge in [0.05, 0.1) is 17.1 Å². The molecule has 2 aromatic carbocycles. The van der Waals surface area contributed by atoms with Crippen LogP contribution in [0.2, 0.25) is 0 Å². The number of carbonyl (C=O) groups excluding carboxylic acids is 5. The maximum Gasteiger partial charge on any atom is 0.338 e. The lowest BCUT2D eigenvalue weighted by atomic mass is 9.52. The highest BCUT2D eigenvalue weighted by molar-refractivity contribution is 5.90. The molecule has 14 heteroatoms. The summed E-state index contributed by atoms with van der Waals surface area (Å²) >= 11 is 0. The molecule has 0 aromatic heterocycles. The fraction of sp³-hybridized carbons (Fsp3) is 0.548. The molecular formula is C42H48O14. The standard InChI is InChI=1S/C42H48O14/c1-21(2)39-33(50-25(6)44)23(4)40-30-20-22(3)32(49-24(5)43)41(30,54-36(47)28-16-12-10-13-17-28)37(52-27(8)46)38(9,48)34(51-26(7)45)31(40)35(39)53-42(55-39,56-40)29-18-14-11-15-19-29/h10-19,22-23,30-35,37,48H,1,20H2,2-9H3/t22-,23+,30-,31-,32-,33-,34-,35+,37+,38+,39-,40-,41+,42?/m0/s1. The minimum Gasteiger partial charge on any atom is -0.459 e. The second-order valence-electron chi connectivity index (χ2n) is 16.1. The molecule has 14 nitrogen and oxygen atoms in total. The monoisotopic (exact) mass is 776 g/mol. The number of esters is 5. The largest absolute Gasteiger partial charge is 0.459 e. The van der Waals surface area contributed by atoms with Crippen molar-refractivity contribution in [3.63, 3.8) is 0 Å². The maximum absolute atomic E-state index is 14.6. The maximum atomic E-state index is 14.6.